The monoisotopic (exact) mass is 392 g/mol. The van der Waals surface area contributed by atoms with Crippen LogP contribution in [0.5, 0.6) is 0 Å². The predicted molar refractivity (Wildman–Crippen MR) is 124 cm³/mol. The van der Waals surface area contributed by atoms with Crippen molar-refractivity contribution in [2.75, 3.05) is 0 Å². The molecule has 5 nitrogen and oxygen atoms in total. The third kappa shape index (κ3) is 2.84. The fraction of sp³-hybridized carbons (Fsp3) is 0.174. The molecule has 2 aromatic carbocycles. The SMILES string of the molecule is BC1(B)c2ncccc2C(=O)N1Cc1ccc(-c2cc(C)c3nn(C)cc3c2)cc1. The van der Waals surface area contributed by atoms with Crippen molar-refractivity contribution in [1.29, 1.82) is 0 Å². The largest absolute Gasteiger partial charge is 0.339 e. The number of hydrogen-bond donors (Lipinski definition) is 0. The molecule has 3 heterocycles. The Hall–Kier alpha value is -3.34. The Balaban J connectivity index is 1.43. The molecule has 0 spiro atoms. The maximum Gasteiger partial charge on any atom is 0.255 e. The summed E-state index contributed by atoms with van der Waals surface area (Å²) in [4.78, 5) is 19.3. The van der Waals surface area contributed by atoms with E-state index < -0.39 is 5.34 Å². The lowest BCUT2D eigenvalue weighted by molar-refractivity contribution is 0.0731. The van der Waals surface area contributed by atoms with Crippen molar-refractivity contribution in [3.05, 3.63) is 83.3 Å². The second-order valence-corrected chi connectivity index (χ2v) is 8.58. The van der Waals surface area contributed by atoms with Crippen LogP contribution in [0.1, 0.15) is 27.2 Å². The number of aryl methyl sites for hydroxylation is 2. The van der Waals surface area contributed by atoms with Crippen molar-refractivity contribution in [3.8, 4) is 11.1 Å². The Morgan fingerprint density at radius 1 is 1.07 bits per heavy atom. The van der Waals surface area contributed by atoms with Gasteiger partial charge in [-0.05, 0) is 53.4 Å². The van der Waals surface area contributed by atoms with Crippen LogP contribution in [-0.2, 0) is 18.9 Å². The Kier molecular flexibility index (Phi) is 4.10. The van der Waals surface area contributed by atoms with Gasteiger partial charge in [0.15, 0.2) is 0 Å². The van der Waals surface area contributed by atoms with Gasteiger partial charge >= 0.3 is 0 Å². The molecule has 1 aliphatic rings. The highest BCUT2D eigenvalue weighted by Gasteiger charge is 2.43. The highest BCUT2D eigenvalue weighted by Crippen LogP contribution is 2.34. The average molecular weight is 392 g/mol. The van der Waals surface area contributed by atoms with Gasteiger partial charge < -0.3 is 4.90 Å². The van der Waals surface area contributed by atoms with Crippen LogP contribution in [0.25, 0.3) is 22.0 Å². The first-order chi connectivity index (χ1) is 14.3. The van der Waals surface area contributed by atoms with Crippen LogP contribution in [0.4, 0.5) is 0 Å². The van der Waals surface area contributed by atoms with Crippen LogP contribution in [0.2, 0.25) is 0 Å². The van der Waals surface area contributed by atoms with E-state index in [4.69, 9.17) is 0 Å². The summed E-state index contributed by atoms with van der Waals surface area (Å²) in [6.07, 6.45) is 3.81. The van der Waals surface area contributed by atoms with Crippen LogP contribution >= 0.6 is 0 Å². The molecule has 0 radical (unpaired) electrons. The Labute approximate surface area is 177 Å². The van der Waals surface area contributed by atoms with Crippen LogP contribution in [0.3, 0.4) is 0 Å². The summed E-state index contributed by atoms with van der Waals surface area (Å²) in [5.41, 5.74) is 7.21. The molecule has 0 unspecified atom stereocenters. The molecule has 1 aliphatic heterocycles. The third-order valence-corrected chi connectivity index (χ3v) is 6.08. The lowest BCUT2D eigenvalue weighted by atomic mass is 9.59. The smallest absolute Gasteiger partial charge is 0.255 e. The molecule has 4 aromatic rings. The van der Waals surface area contributed by atoms with Crippen molar-refractivity contribution in [3.63, 3.8) is 0 Å². The van der Waals surface area contributed by atoms with E-state index in [-0.39, 0.29) is 5.91 Å². The fourth-order valence-corrected chi connectivity index (χ4v) is 4.44. The molecule has 0 bridgehead atoms. The predicted octanol–water partition coefficient (Wildman–Crippen LogP) is 1.98. The van der Waals surface area contributed by atoms with E-state index in [1.807, 2.05) is 35.0 Å². The topological polar surface area (TPSA) is 51.0 Å². The van der Waals surface area contributed by atoms with Gasteiger partial charge in [-0.2, -0.15) is 5.10 Å². The highest BCUT2D eigenvalue weighted by molar-refractivity contribution is 6.42. The van der Waals surface area contributed by atoms with E-state index in [1.165, 1.54) is 11.1 Å². The van der Waals surface area contributed by atoms with Gasteiger partial charge in [-0.15, -0.1) is 0 Å². The normalized spacial score (nSPS) is 15.0. The van der Waals surface area contributed by atoms with E-state index in [1.54, 1.807) is 6.20 Å². The van der Waals surface area contributed by atoms with Gasteiger partial charge in [-0.3, -0.25) is 14.5 Å². The lowest BCUT2D eigenvalue weighted by Gasteiger charge is -2.32. The maximum atomic E-state index is 12.9. The Morgan fingerprint density at radius 3 is 2.57 bits per heavy atom. The number of carbonyl (C=O) groups excluding carboxylic acids is 1. The average Bonchev–Trinajstić information content (AvgIpc) is 3.20. The fourth-order valence-electron chi connectivity index (χ4n) is 4.44. The number of amides is 1. The third-order valence-electron chi connectivity index (χ3n) is 6.08. The standard InChI is InChI=1S/C23H22B2N4O/c1-14-10-17(11-18-13-28(2)27-20(14)18)16-7-5-15(6-8-16)12-29-22(30)19-4-3-9-26-21(19)23(29,24)25/h3-11,13H,12,24-25H2,1-2H3. The zero-order valence-electron chi connectivity index (χ0n) is 17.7. The quantitative estimate of drug-likeness (QED) is 0.502. The van der Waals surface area contributed by atoms with E-state index >= 15 is 0 Å². The summed E-state index contributed by atoms with van der Waals surface area (Å²) in [6.45, 7) is 2.66. The summed E-state index contributed by atoms with van der Waals surface area (Å²) in [5.74, 6) is 0.0461. The second-order valence-electron chi connectivity index (χ2n) is 8.58. The molecule has 0 saturated carbocycles. The highest BCUT2D eigenvalue weighted by atomic mass is 16.2. The molecule has 0 fully saturated rings. The first kappa shape index (κ1) is 18.7. The molecule has 1 amide bonds. The van der Waals surface area contributed by atoms with Crippen LogP contribution in [0.15, 0.2) is 60.9 Å². The molecule has 5 rings (SSSR count). The second kappa shape index (κ2) is 6.59. The van der Waals surface area contributed by atoms with E-state index in [0.29, 0.717) is 12.1 Å². The van der Waals surface area contributed by atoms with Gasteiger partial charge in [0.2, 0.25) is 0 Å². The number of aromatic nitrogens is 3. The molecule has 0 atom stereocenters. The van der Waals surface area contributed by atoms with E-state index in [2.05, 4.69) is 69.1 Å². The van der Waals surface area contributed by atoms with Gasteiger partial charge in [-0.1, -0.05) is 24.3 Å². The molecule has 0 saturated heterocycles. The van der Waals surface area contributed by atoms with Crippen LogP contribution < -0.4 is 0 Å². The minimum absolute atomic E-state index is 0.0461. The van der Waals surface area contributed by atoms with Crippen LogP contribution in [-0.4, -0.2) is 41.3 Å². The molecule has 146 valence electrons. The van der Waals surface area contributed by atoms with Crippen molar-refractivity contribution >= 4 is 32.5 Å². The van der Waals surface area contributed by atoms with E-state index in [0.717, 1.165) is 27.7 Å². The maximum absolute atomic E-state index is 12.9. The minimum atomic E-state index is -0.422. The van der Waals surface area contributed by atoms with Gasteiger partial charge in [-0.25, -0.2) is 0 Å². The first-order valence-corrected chi connectivity index (χ1v) is 10.2. The molecule has 7 heteroatoms. The molecular formula is C23H22B2N4O. The number of pyridine rings is 1. The van der Waals surface area contributed by atoms with E-state index in [9.17, 15) is 4.79 Å². The van der Waals surface area contributed by atoms with Crippen molar-refractivity contribution in [2.24, 2.45) is 7.05 Å². The molecular weight excluding hydrogens is 370 g/mol. The van der Waals surface area contributed by atoms with Crippen molar-refractivity contribution < 1.29 is 4.79 Å². The molecule has 30 heavy (non-hydrogen) atoms. The number of nitrogens with zero attached hydrogens (tertiary/aromatic N) is 4. The van der Waals surface area contributed by atoms with Gasteiger partial charge in [0.25, 0.3) is 5.91 Å². The number of rotatable bonds is 3. The number of benzene rings is 2. The Bertz CT molecular complexity index is 1290. The van der Waals surface area contributed by atoms with Gasteiger partial charge in [0.05, 0.1) is 16.8 Å². The summed E-state index contributed by atoms with van der Waals surface area (Å²) in [7, 11) is 6.07. The summed E-state index contributed by atoms with van der Waals surface area (Å²) in [5, 5.41) is 5.25. The summed E-state index contributed by atoms with van der Waals surface area (Å²) >= 11 is 0. The number of hydrogen-bond acceptors (Lipinski definition) is 3. The number of fused-ring (bicyclic) bond motifs is 2. The van der Waals surface area contributed by atoms with Crippen molar-refractivity contribution in [1.82, 2.24) is 19.7 Å². The van der Waals surface area contributed by atoms with Crippen LogP contribution in [0, 0.1) is 6.92 Å². The number of carbonyl (C=O) groups is 1. The van der Waals surface area contributed by atoms with Gasteiger partial charge in [0.1, 0.15) is 15.7 Å². The molecule has 0 aliphatic carbocycles. The zero-order valence-corrected chi connectivity index (χ0v) is 17.7. The first-order valence-electron chi connectivity index (χ1n) is 10.2. The lowest BCUT2D eigenvalue weighted by Crippen LogP contribution is -2.44. The van der Waals surface area contributed by atoms with Crippen molar-refractivity contribution in [2.45, 2.75) is 18.8 Å². The van der Waals surface area contributed by atoms with Gasteiger partial charge in [0, 0.05) is 36.7 Å². The zero-order chi connectivity index (χ0) is 21.0. The minimum Gasteiger partial charge on any atom is -0.339 e. The Morgan fingerprint density at radius 2 is 1.83 bits per heavy atom. The summed E-state index contributed by atoms with van der Waals surface area (Å²) in [6, 6.07) is 16.5. The summed E-state index contributed by atoms with van der Waals surface area (Å²) < 4.78 is 1.85. The molecule has 0 N–H and O–H groups in total. The molecule has 2 aromatic heterocycles.